The van der Waals surface area contributed by atoms with E-state index in [0.29, 0.717) is 80.9 Å². The molecule has 1 N–H and O–H groups in total. The first-order chi connectivity index (χ1) is 22.2. The van der Waals surface area contributed by atoms with E-state index < -0.39 is 11.8 Å². The van der Waals surface area contributed by atoms with Crippen molar-refractivity contribution in [2.24, 2.45) is 0 Å². The Kier molecular flexibility index (Phi) is 16.1. The summed E-state index contributed by atoms with van der Waals surface area (Å²) in [4.78, 5) is 23.3. The molecule has 0 amide bonds. The number of hydrogen-bond acceptors (Lipinski definition) is 9. The van der Waals surface area contributed by atoms with Crippen LogP contribution in [-0.2, 0) is 43.2 Å². The maximum Gasteiger partial charge on any atom is 0.338 e. The SMILES string of the molecule is CCOC(=O)c1ccc(F)c(OCCCc2c(COCCCOCCCOc3c(Cl)cc(CCC(=O)OC)cc3Cl)n[nH]c2C)c1. The Hall–Kier alpha value is -3.38. The van der Waals surface area contributed by atoms with Crippen LogP contribution in [0.3, 0.4) is 0 Å². The monoisotopic (exact) mass is 682 g/mol. The minimum Gasteiger partial charge on any atom is -0.490 e. The van der Waals surface area contributed by atoms with Crippen molar-refractivity contribution in [2.75, 3.05) is 46.8 Å². The number of esters is 2. The molecule has 0 aliphatic carbocycles. The standard InChI is InChI=1S/C33H41Cl2FN2O8/c1-4-44-33(40)24-10-11-28(36)30(20-24)45-16-5-8-25-22(2)37-38-29(25)21-43-15-6-13-42-14-7-17-46-32-26(34)18-23(19-27(32)35)9-12-31(39)41-3/h10-11,18-20H,4-9,12-17,21H2,1-3H3,(H,37,38). The van der Waals surface area contributed by atoms with Gasteiger partial charge in [0.2, 0.25) is 0 Å². The maximum absolute atomic E-state index is 14.2. The third-order valence-electron chi connectivity index (χ3n) is 6.83. The molecular weight excluding hydrogens is 642 g/mol. The summed E-state index contributed by atoms with van der Waals surface area (Å²) in [6.07, 6.45) is 3.38. The minimum absolute atomic E-state index is 0.0152. The van der Waals surface area contributed by atoms with Gasteiger partial charge in [0.25, 0.3) is 0 Å². The van der Waals surface area contributed by atoms with Crippen molar-refractivity contribution in [3.63, 3.8) is 0 Å². The zero-order valence-electron chi connectivity index (χ0n) is 26.4. The van der Waals surface area contributed by atoms with Crippen molar-refractivity contribution in [2.45, 2.75) is 59.0 Å². The van der Waals surface area contributed by atoms with Crippen molar-refractivity contribution < 1.29 is 42.4 Å². The van der Waals surface area contributed by atoms with Crippen molar-refractivity contribution in [3.05, 3.63) is 74.3 Å². The van der Waals surface area contributed by atoms with Gasteiger partial charge in [0, 0.05) is 38.4 Å². The fourth-order valence-electron chi connectivity index (χ4n) is 4.45. The lowest BCUT2D eigenvalue weighted by Crippen LogP contribution is -2.08. The molecule has 0 saturated heterocycles. The van der Waals surface area contributed by atoms with Gasteiger partial charge in [-0.05, 0) is 81.0 Å². The molecule has 0 unspecified atom stereocenters. The number of ether oxygens (including phenoxy) is 6. The molecule has 0 bridgehead atoms. The van der Waals surface area contributed by atoms with Crippen LogP contribution in [0.15, 0.2) is 30.3 Å². The third kappa shape index (κ3) is 12.1. The molecule has 1 heterocycles. The highest BCUT2D eigenvalue weighted by Crippen LogP contribution is 2.34. The predicted octanol–water partition coefficient (Wildman–Crippen LogP) is 6.85. The second-order valence-corrected chi connectivity index (χ2v) is 11.1. The number of benzene rings is 2. The number of nitrogens with one attached hydrogen (secondary N) is 1. The molecule has 46 heavy (non-hydrogen) atoms. The number of aromatic nitrogens is 2. The van der Waals surface area contributed by atoms with E-state index in [1.807, 2.05) is 6.92 Å². The first-order valence-electron chi connectivity index (χ1n) is 15.2. The highest BCUT2D eigenvalue weighted by molar-refractivity contribution is 6.37. The molecule has 10 nitrogen and oxygen atoms in total. The Bertz CT molecular complexity index is 1400. The van der Waals surface area contributed by atoms with Gasteiger partial charge in [-0.1, -0.05) is 23.2 Å². The summed E-state index contributed by atoms with van der Waals surface area (Å²) in [7, 11) is 1.35. The van der Waals surface area contributed by atoms with Crippen LogP contribution in [0.4, 0.5) is 4.39 Å². The number of aromatic amines is 1. The predicted molar refractivity (Wildman–Crippen MR) is 172 cm³/mol. The highest BCUT2D eigenvalue weighted by Gasteiger charge is 2.14. The van der Waals surface area contributed by atoms with E-state index in [0.717, 1.165) is 22.5 Å². The van der Waals surface area contributed by atoms with E-state index in [-0.39, 0.29) is 36.9 Å². The van der Waals surface area contributed by atoms with Gasteiger partial charge in [-0.25, -0.2) is 9.18 Å². The fraction of sp³-hybridized carbons (Fsp3) is 0.485. The molecule has 2 aromatic carbocycles. The summed E-state index contributed by atoms with van der Waals surface area (Å²) in [6, 6.07) is 7.41. The minimum atomic E-state index is -0.537. The summed E-state index contributed by atoms with van der Waals surface area (Å²) in [5, 5.41) is 8.14. The van der Waals surface area contributed by atoms with Gasteiger partial charge in [-0.3, -0.25) is 9.89 Å². The van der Waals surface area contributed by atoms with Crippen LogP contribution in [0.25, 0.3) is 0 Å². The average molecular weight is 684 g/mol. The molecule has 0 atom stereocenters. The number of hydrogen-bond donors (Lipinski definition) is 1. The summed E-state index contributed by atoms with van der Waals surface area (Å²) in [5.41, 5.74) is 3.87. The van der Waals surface area contributed by atoms with Gasteiger partial charge >= 0.3 is 11.9 Å². The van der Waals surface area contributed by atoms with Crippen molar-refractivity contribution >= 4 is 35.1 Å². The van der Waals surface area contributed by atoms with Crippen molar-refractivity contribution in [1.29, 1.82) is 0 Å². The number of rotatable bonds is 21. The molecule has 0 saturated carbocycles. The first kappa shape index (κ1) is 37.1. The number of carbonyl (C=O) groups excluding carboxylic acids is 2. The van der Waals surface area contributed by atoms with Crippen molar-refractivity contribution in [3.8, 4) is 11.5 Å². The fourth-order valence-corrected chi connectivity index (χ4v) is 5.09. The van der Waals surface area contributed by atoms with Crippen LogP contribution in [0.1, 0.15) is 65.5 Å². The smallest absolute Gasteiger partial charge is 0.338 e. The Balaban J connectivity index is 1.28. The topological polar surface area (TPSA) is 118 Å². The van der Waals surface area contributed by atoms with E-state index in [9.17, 15) is 14.0 Å². The number of methoxy groups -OCH3 is 1. The quantitative estimate of drug-likeness (QED) is 0.0950. The molecule has 0 radical (unpaired) electrons. The van der Waals surface area contributed by atoms with Crippen LogP contribution in [0, 0.1) is 12.7 Å². The number of halogens is 3. The Morgan fingerprint density at radius 3 is 2.33 bits per heavy atom. The summed E-state index contributed by atoms with van der Waals surface area (Å²) in [5.74, 6) is -0.928. The van der Waals surface area contributed by atoms with Gasteiger partial charge in [0.05, 0.1) is 54.8 Å². The second-order valence-electron chi connectivity index (χ2n) is 10.3. The maximum atomic E-state index is 14.2. The molecule has 252 valence electrons. The molecule has 1 aromatic heterocycles. The largest absolute Gasteiger partial charge is 0.490 e. The Labute approximate surface area is 278 Å². The van der Waals surface area contributed by atoms with Gasteiger partial charge in [-0.15, -0.1) is 0 Å². The van der Waals surface area contributed by atoms with Crippen LogP contribution in [0.5, 0.6) is 11.5 Å². The Morgan fingerprint density at radius 1 is 0.913 bits per heavy atom. The molecule has 3 aromatic rings. The molecule has 0 spiro atoms. The molecule has 0 aliphatic heterocycles. The molecule has 0 fully saturated rings. The number of nitrogens with zero attached hydrogens (tertiary/aromatic N) is 1. The number of aryl methyl sites for hydroxylation is 2. The van der Waals surface area contributed by atoms with E-state index in [1.165, 1.54) is 25.3 Å². The van der Waals surface area contributed by atoms with Gasteiger partial charge in [0.15, 0.2) is 17.3 Å². The summed E-state index contributed by atoms with van der Waals surface area (Å²) < 4.78 is 46.6. The summed E-state index contributed by atoms with van der Waals surface area (Å²) in [6.45, 7) is 6.45. The van der Waals surface area contributed by atoms with E-state index >= 15 is 0 Å². The normalized spacial score (nSPS) is 11.0. The van der Waals surface area contributed by atoms with E-state index in [4.69, 9.17) is 46.9 Å². The number of H-pyrrole nitrogens is 1. The van der Waals surface area contributed by atoms with Crippen molar-refractivity contribution in [1.82, 2.24) is 10.2 Å². The molecule has 0 aliphatic rings. The van der Waals surface area contributed by atoms with E-state index in [2.05, 4.69) is 14.9 Å². The molecule has 3 rings (SSSR count). The van der Waals surface area contributed by atoms with Gasteiger partial charge < -0.3 is 28.4 Å². The zero-order valence-corrected chi connectivity index (χ0v) is 27.9. The first-order valence-corrected chi connectivity index (χ1v) is 15.9. The second kappa shape index (κ2) is 20.0. The Morgan fingerprint density at radius 2 is 1.61 bits per heavy atom. The lowest BCUT2D eigenvalue weighted by atomic mass is 10.1. The van der Waals surface area contributed by atoms with Crippen LogP contribution >= 0.6 is 23.2 Å². The zero-order chi connectivity index (χ0) is 33.3. The number of carbonyl (C=O) groups is 2. The van der Waals surface area contributed by atoms with E-state index in [1.54, 1.807) is 19.1 Å². The highest BCUT2D eigenvalue weighted by atomic mass is 35.5. The average Bonchev–Trinajstić information content (AvgIpc) is 3.39. The van der Waals surface area contributed by atoms with Crippen LogP contribution in [0.2, 0.25) is 10.0 Å². The van der Waals surface area contributed by atoms with Gasteiger partial charge in [0.1, 0.15) is 0 Å². The van der Waals surface area contributed by atoms with Crippen LogP contribution < -0.4 is 9.47 Å². The molecular formula is C33H41Cl2FN2O8. The lowest BCUT2D eigenvalue weighted by molar-refractivity contribution is -0.140. The summed E-state index contributed by atoms with van der Waals surface area (Å²) >= 11 is 12.6. The van der Waals surface area contributed by atoms with Crippen LogP contribution in [-0.4, -0.2) is 68.9 Å². The third-order valence-corrected chi connectivity index (χ3v) is 7.39. The molecule has 13 heteroatoms. The van der Waals surface area contributed by atoms with Gasteiger partial charge in [-0.2, -0.15) is 5.10 Å². The lowest BCUT2D eigenvalue weighted by Gasteiger charge is -2.12.